The van der Waals surface area contributed by atoms with E-state index in [2.05, 4.69) is 10.4 Å². The van der Waals surface area contributed by atoms with Crippen molar-refractivity contribution in [3.63, 3.8) is 0 Å². The number of pyridine rings is 1. The Bertz CT molecular complexity index is 285. The second-order valence-electron chi connectivity index (χ2n) is 1.85. The van der Waals surface area contributed by atoms with Crippen LogP contribution >= 0.6 is 37.2 Å². The van der Waals surface area contributed by atoms with Gasteiger partial charge in [-0.15, -0.1) is 37.2 Å². The number of rotatable bonds is 2. The van der Waals surface area contributed by atoms with Gasteiger partial charge in [-0.05, 0) is 12.1 Å². The molecule has 0 aliphatic heterocycles. The summed E-state index contributed by atoms with van der Waals surface area (Å²) < 4.78 is 0. The van der Waals surface area contributed by atoms with Crippen molar-refractivity contribution >= 4 is 49.0 Å². The van der Waals surface area contributed by atoms with Crippen LogP contribution in [0.5, 0.6) is 0 Å². The van der Waals surface area contributed by atoms with Gasteiger partial charge in [0.2, 0.25) is 0 Å². The van der Waals surface area contributed by atoms with E-state index in [9.17, 15) is 4.79 Å². The summed E-state index contributed by atoms with van der Waals surface area (Å²) in [6.07, 6.45) is 1.46. The fraction of sp³-hybridized carbons (Fsp3) is 0. The normalized spacial score (nSPS) is 7.21. The number of hydrogen-bond donors (Lipinski definition) is 3. The van der Waals surface area contributed by atoms with Crippen LogP contribution < -0.4 is 11.3 Å². The smallest absolute Gasteiger partial charge is 0.339 e. The number of carboxylic acids is 1. The van der Waals surface area contributed by atoms with Crippen molar-refractivity contribution in [3.8, 4) is 0 Å². The van der Waals surface area contributed by atoms with Gasteiger partial charge in [-0.1, -0.05) is 0 Å². The van der Waals surface area contributed by atoms with Gasteiger partial charge in [0.25, 0.3) is 0 Å². The number of nitrogens with one attached hydrogen (secondary N) is 1. The molecule has 0 aliphatic rings. The highest BCUT2D eigenvalue weighted by Crippen LogP contribution is 2.08. The Balaban J connectivity index is -0.000000403. The van der Waals surface area contributed by atoms with Crippen molar-refractivity contribution < 1.29 is 9.90 Å². The van der Waals surface area contributed by atoms with Gasteiger partial charge in [-0.25, -0.2) is 15.6 Å². The van der Waals surface area contributed by atoms with Crippen molar-refractivity contribution in [1.82, 2.24) is 4.98 Å². The number of carbonyl (C=O) groups is 1. The summed E-state index contributed by atoms with van der Waals surface area (Å²) in [7, 11) is 0. The van der Waals surface area contributed by atoms with Gasteiger partial charge in [0.15, 0.2) is 5.82 Å². The predicted octanol–water partition coefficient (Wildman–Crippen LogP) is 1.33. The Hall–Kier alpha value is -0.750. The maximum Gasteiger partial charge on any atom is 0.339 e. The van der Waals surface area contributed by atoms with Gasteiger partial charge < -0.3 is 10.5 Å². The molecule has 5 nitrogen and oxygen atoms in total. The van der Waals surface area contributed by atoms with Crippen LogP contribution in [-0.4, -0.2) is 16.1 Å². The Morgan fingerprint density at radius 2 is 2.00 bits per heavy atom. The standard InChI is InChI=1S/C6H7N3O2.3ClH/c7-9-5-4(6(10)11)2-1-3-8-5;;;/h1-3H,7H2,(H,8,9)(H,10,11);3*1H. The van der Waals surface area contributed by atoms with Crippen LogP contribution in [0.25, 0.3) is 0 Å². The molecule has 0 spiro atoms. The molecule has 0 saturated heterocycles. The summed E-state index contributed by atoms with van der Waals surface area (Å²) in [5.41, 5.74) is 2.25. The molecule has 1 heterocycles. The first-order valence-electron chi connectivity index (χ1n) is 2.90. The highest BCUT2D eigenvalue weighted by Gasteiger charge is 2.07. The molecule has 0 aromatic carbocycles. The minimum Gasteiger partial charge on any atom is -0.478 e. The van der Waals surface area contributed by atoms with E-state index < -0.39 is 5.97 Å². The van der Waals surface area contributed by atoms with E-state index in [-0.39, 0.29) is 48.6 Å². The van der Waals surface area contributed by atoms with Gasteiger partial charge in [0, 0.05) is 6.20 Å². The van der Waals surface area contributed by atoms with Crippen LogP contribution in [0.1, 0.15) is 10.4 Å². The number of hydrogen-bond acceptors (Lipinski definition) is 4. The van der Waals surface area contributed by atoms with Crippen LogP contribution in [0.15, 0.2) is 18.3 Å². The summed E-state index contributed by atoms with van der Waals surface area (Å²) in [4.78, 5) is 14.1. The third-order valence-corrected chi connectivity index (χ3v) is 1.17. The number of nitrogens with zero attached hydrogens (tertiary/aromatic N) is 1. The van der Waals surface area contributed by atoms with Crippen molar-refractivity contribution in [3.05, 3.63) is 23.9 Å². The quantitative estimate of drug-likeness (QED) is 0.553. The zero-order chi connectivity index (χ0) is 8.27. The number of anilines is 1. The first-order chi connectivity index (χ1) is 5.25. The molecule has 0 bridgehead atoms. The van der Waals surface area contributed by atoms with Crippen LogP contribution in [0.2, 0.25) is 0 Å². The van der Waals surface area contributed by atoms with E-state index in [1.54, 1.807) is 0 Å². The van der Waals surface area contributed by atoms with Gasteiger partial charge in [-0.2, -0.15) is 0 Å². The Kier molecular flexibility index (Phi) is 11.9. The topological polar surface area (TPSA) is 88.2 Å². The average molecular weight is 263 g/mol. The van der Waals surface area contributed by atoms with E-state index in [4.69, 9.17) is 10.9 Å². The molecule has 0 radical (unpaired) electrons. The summed E-state index contributed by atoms with van der Waals surface area (Å²) in [5.74, 6) is 4.13. The monoisotopic (exact) mass is 261 g/mol. The highest BCUT2D eigenvalue weighted by molar-refractivity contribution is 5.92. The number of halogens is 3. The lowest BCUT2D eigenvalue weighted by Crippen LogP contribution is -2.13. The lowest BCUT2D eigenvalue weighted by molar-refractivity contribution is 0.0697. The largest absolute Gasteiger partial charge is 0.478 e. The van der Waals surface area contributed by atoms with Gasteiger partial charge in [0.05, 0.1) is 0 Å². The molecule has 4 N–H and O–H groups in total. The summed E-state index contributed by atoms with van der Waals surface area (Å²) in [6.45, 7) is 0. The SMILES string of the molecule is Cl.Cl.Cl.NNc1ncccc1C(=O)O. The van der Waals surface area contributed by atoms with Crippen LogP contribution in [0, 0.1) is 0 Å². The molecule has 0 aliphatic carbocycles. The second kappa shape index (κ2) is 8.83. The number of nitrogens with two attached hydrogens (primary N) is 1. The molecule has 1 rings (SSSR count). The highest BCUT2D eigenvalue weighted by atomic mass is 35.5. The zero-order valence-corrected chi connectivity index (χ0v) is 9.29. The molecule has 1 aromatic heterocycles. The molecule has 1 aromatic rings. The number of aromatic nitrogens is 1. The van der Waals surface area contributed by atoms with E-state index in [1.165, 1.54) is 18.3 Å². The van der Waals surface area contributed by atoms with Crippen molar-refractivity contribution in [2.75, 3.05) is 5.43 Å². The van der Waals surface area contributed by atoms with E-state index in [0.29, 0.717) is 0 Å². The van der Waals surface area contributed by atoms with E-state index >= 15 is 0 Å². The molecule has 0 saturated carbocycles. The molecule has 0 amide bonds. The van der Waals surface area contributed by atoms with E-state index in [0.717, 1.165) is 0 Å². The Morgan fingerprint density at radius 1 is 1.43 bits per heavy atom. The molecule has 0 unspecified atom stereocenters. The first kappa shape index (κ1) is 18.9. The third kappa shape index (κ3) is 4.48. The van der Waals surface area contributed by atoms with Crippen LogP contribution in [-0.2, 0) is 0 Å². The number of carboxylic acid groups (broad SMARTS) is 1. The summed E-state index contributed by atoms with van der Waals surface area (Å²) in [6, 6.07) is 2.95. The Morgan fingerprint density at radius 3 is 2.36 bits per heavy atom. The van der Waals surface area contributed by atoms with Gasteiger partial charge in [0.1, 0.15) is 5.56 Å². The number of aromatic carboxylic acids is 1. The molecule has 0 atom stereocenters. The van der Waals surface area contributed by atoms with Crippen LogP contribution in [0.4, 0.5) is 5.82 Å². The lowest BCUT2D eigenvalue weighted by Gasteiger charge is -2.00. The fourth-order valence-electron chi connectivity index (χ4n) is 0.693. The maximum atomic E-state index is 10.4. The average Bonchev–Trinajstić information content (AvgIpc) is 2.04. The van der Waals surface area contributed by atoms with Crippen molar-refractivity contribution in [2.45, 2.75) is 0 Å². The molecule has 14 heavy (non-hydrogen) atoms. The summed E-state index contributed by atoms with van der Waals surface area (Å²) >= 11 is 0. The van der Waals surface area contributed by atoms with Crippen molar-refractivity contribution in [1.29, 1.82) is 0 Å². The predicted molar refractivity (Wildman–Crippen MR) is 60.8 cm³/mol. The van der Waals surface area contributed by atoms with Crippen LogP contribution in [0.3, 0.4) is 0 Å². The Labute approximate surface area is 99.3 Å². The van der Waals surface area contributed by atoms with E-state index in [1.807, 2.05) is 0 Å². The zero-order valence-electron chi connectivity index (χ0n) is 6.84. The summed E-state index contributed by atoms with van der Waals surface area (Å²) in [5, 5.41) is 8.56. The molecule has 82 valence electrons. The van der Waals surface area contributed by atoms with Gasteiger partial charge in [-0.3, -0.25) is 0 Å². The molecular formula is C6H10Cl3N3O2. The lowest BCUT2D eigenvalue weighted by atomic mass is 10.2. The second-order valence-corrected chi connectivity index (χ2v) is 1.85. The van der Waals surface area contributed by atoms with Crippen molar-refractivity contribution in [2.24, 2.45) is 5.84 Å². The molecular weight excluding hydrogens is 252 g/mol. The van der Waals surface area contributed by atoms with Gasteiger partial charge >= 0.3 is 5.97 Å². The minimum absolute atomic E-state index is 0. The number of hydrazine groups is 1. The molecule has 8 heteroatoms. The first-order valence-corrected chi connectivity index (χ1v) is 2.90. The fourth-order valence-corrected chi connectivity index (χ4v) is 0.693. The minimum atomic E-state index is -1.05. The molecule has 0 fully saturated rings. The third-order valence-electron chi connectivity index (χ3n) is 1.17. The maximum absolute atomic E-state index is 10.4. The number of nitrogen functional groups attached to an aromatic ring is 1.